The molecule has 1 unspecified atom stereocenters. The van der Waals surface area contributed by atoms with E-state index in [0.29, 0.717) is 0 Å². The van der Waals surface area contributed by atoms with Crippen LogP contribution in [0.15, 0.2) is 12.1 Å². The van der Waals surface area contributed by atoms with E-state index in [1.807, 2.05) is 0 Å². The van der Waals surface area contributed by atoms with Crippen molar-refractivity contribution in [1.29, 1.82) is 0 Å². The molecule has 0 aromatic heterocycles. The molecule has 2 rings (SSSR count). The third-order valence-corrected chi connectivity index (χ3v) is 3.80. The first kappa shape index (κ1) is 10.7. The van der Waals surface area contributed by atoms with E-state index in [4.69, 9.17) is 0 Å². The maximum Gasteiger partial charge on any atom is 0.0409 e. The van der Waals surface area contributed by atoms with Crippen LogP contribution in [-0.4, -0.2) is 6.54 Å². The molecule has 1 atom stereocenters. The average molecular weight is 203 g/mol. The maximum absolute atomic E-state index is 3.64. The van der Waals surface area contributed by atoms with Gasteiger partial charge in [0.25, 0.3) is 0 Å². The molecule has 0 saturated carbocycles. The van der Waals surface area contributed by atoms with E-state index in [2.05, 4.69) is 45.1 Å². The lowest BCUT2D eigenvalue weighted by Crippen LogP contribution is -2.34. The van der Waals surface area contributed by atoms with Gasteiger partial charge in [-0.1, -0.05) is 12.1 Å². The highest BCUT2D eigenvalue weighted by molar-refractivity contribution is 5.40. The van der Waals surface area contributed by atoms with E-state index in [0.717, 1.165) is 6.54 Å². The summed E-state index contributed by atoms with van der Waals surface area (Å²) in [6.45, 7) is 10.1. The maximum atomic E-state index is 3.64. The van der Waals surface area contributed by atoms with Crippen molar-refractivity contribution in [2.45, 2.75) is 46.1 Å². The summed E-state index contributed by atoms with van der Waals surface area (Å²) in [5.74, 6) is 0. The molecule has 1 aromatic carbocycles. The number of rotatable bonds is 1. The van der Waals surface area contributed by atoms with Crippen molar-refractivity contribution in [3.63, 3.8) is 0 Å². The quantitative estimate of drug-likeness (QED) is 0.739. The summed E-state index contributed by atoms with van der Waals surface area (Å²) in [4.78, 5) is 0. The van der Waals surface area contributed by atoms with Crippen LogP contribution >= 0.6 is 0 Å². The van der Waals surface area contributed by atoms with Gasteiger partial charge >= 0.3 is 0 Å². The molecule has 1 heterocycles. The second-order valence-corrected chi connectivity index (χ2v) is 5.11. The molecule has 1 nitrogen and oxygen atoms in total. The van der Waals surface area contributed by atoms with Crippen molar-refractivity contribution < 1.29 is 0 Å². The van der Waals surface area contributed by atoms with Crippen molar-refractivity contribution in [1.82, 2.24) is 5.32 Å². The van der Waals surface area contributed by atoms with Crippen LogP contribution in [0.5, 0.6) is 0 Å². The van der Waals surface area contributed by atoms with Crippen LogP contribution in [0, 0.1) is 20.8 Å². The monoisotopic (exact) mass is 203 g/mol. The zero-order valence-electron chi connectivity index (χ0n) is 10.3. The van der Waals surface area contributed by atoms with Crippen LogP contribution in [0.2, 0.25) is 0 Å². The van der Waals surface area contributed by atoms with Gasteiger partial charge in [-0.3, -0.25) is 0 Å². The Morgan fingerprint density at radius 2 is 1.73 bits per heavy atom. The van der Waals surface area contributed by atoms with Gasteiger partial charge in [-0.05, 0) is 69.3 Å². The van der Waals surface area contributed by atoms with Gasteiger partial charge < -0.3 is 5.32 Å². The fraction of sp³-hybridized carbons (Fsp3) is 0.571. The van der Waals surface area contributed by atoms with Gasteiger partial charge in [0.05, 0.1) is 0 Å². The van der Waals surface area contributed by atoms with Gasteiger partial charge in [0.1, 0.15) is 0 Å². The van der Waals surface area contributed by atoms with Crippen molar-refractivity contribution >= 4 is 0 Å². The normalized spacial score (nSPS) is 25.9. The number of nitrogens with one attached hydrogen (secondary N) is 1. The Kier molecular flexibility index (Phi) is 2.59. The summed E-state index contributed by atoms with van der Waals surface area (Å²) in [5, 5.41) is 3.64. The van der Waals surface area contributed by atoms with Crippen LogP contribution in [0.1, 0.15) is 42.0 Å². The number of aryl methyl sites for hydroxylation is 3. The summed E-state index contributed by atoms with van der Waals surface area (Å²) in [5.41, 5.74) is 5.93. The van der Waals surface area contributed by atoms with E-state index in [-0.39, 0.29) is 5.54 Å². The third kappa shape index (κ3) is 1.81. The standard InChI is InChI=1S/C14H21N/c1-10-8-12(3)13(9-11(10)2)14(4)6-5-7-15-14/h8-9,15H,5-7H2,1-4H3. The number of hydrogen-bond acceptors (Lipinski definition) is 1. The number of benzene rings is 1. The molecule has 0 bridgehead atoms. The van der Waals surface area contributed by atoms with Gasteiger partial charge in [0.2, 0.25) is 0 Å². The van der Waals surface area contributed by atoms with Crippen molar-refractivity contribution in [3.8, 4) is 0 Å². The molecule has 1 aromatic rings. The highest BCUT2D eigenvalue weighted by Crippen LogP contribution is 2.33. The Morgan fingerprint density at radius 1 is 1.07 bits per heavy atom. The fourth-order valence-corrected chi connectivity index (χ4v) is 2.68. The summed E-state index contributed by atoms with van der Waals surface area (Å²) in [7, 11) is 0. The van der Waals surface area contributed by atoms with Crippen LogP contribution in [0.4, 0.5) is 0 Å². The number of hydrogen-bond donors (Lipinski definition) is 1. The minimum absolute atomic E-state index is 0.211. The molecule has 0 radical (unpaired) electrons. The molecule has 1 N–H and O–H groups in total. The highest BCUT2D eigenvalue weighted by atomic mass is 15.0. The zero-order chi connectivity index (χ0) is 11.1. The van der Waals surface area contributed by atoms with Crippen molar-refractivity contribution in [2.75, 3.05) is 6.54 Å². The van der Waals surface area contributed by atoms with E-state index in [1.54, 1.807) is 0 Å². The molecule has 82 valence electrons. The Labute approximate surface area is 92.9 Å². The van der Waals surface area contributed by atoms with Crippen LogP contribution in [0.25, 0.3) is 0 Å². The lowest BCUT2D eigenvalue weighted by molar-refractivity contribution is 0.432. The topological polar surface area (TPSA) is 12.0 Å². The van der Waals surface area contributed by atoms with E-state index in [9.17, 15) is 0 Å². The predicted molar refractivity (Wildman–Crippen MR) is 65.2 cm³/mol. The van der Waals surface area contributed by atoms with Gasteiger partial charge in [-0.2, -0.15) is 0 Å². The van der Waals surface area contributed by atoms with E-state index in [1.165, 1.54) is 35.1 Å². The van der Waals surface area contributed by atoms with E-state index >= 15 is 0 Å². The molecule has 1 fully saturated rings. The van der Waals surface area contributed by atoms with E-state index < -0.39 is 0 Å². The summed E-state index contributed by atoms with van der Waals surface area (Å²) in [6.07, 6.45) is 2.55. The Hall–Kier alpha value is -0.820. The summed E-state index contributed by atoms with van der Waals surface area (Å²) in [6, 6.07) is 4.68. The van der Waals surface area contributed by atoms with Crippen molar-refractivity contribution in [3.05, 3.63) is 34.4 Å². The van der Waals surface area contributed by atoms with Gasteiger partial charge in [-0.25, -0.2) is 0 Å². The lowest BCUT2D eigenvalue weighted by atomic mass is 9.85. The first-order valence-electron chi connectivity index (χ1n) is 5.86. The second kappa shape index (κ2) is 3.64. The van der Waals surface area contributed by atoms with Crippen LogP contribution in [-0.2, 0) is 5.54 Å². The van der Waals surface area contributed by atoms with Gasteiger partial charge in [0.15, 0.2) is 0 Å². The first-order chi connectivity index (χ1) is 7.03. The smallest absolute Gasteiger partial charge is 0.0409 e. The molecular formula is C14H21N. The Morgan fingerprint density at radius 3 is 2.33 bits per heavy atom. The van der Waals surface area contributed by atoms with Gasteiger partial charge in [-0.15, -0.1) is 0 Å². The predicted octanol–water partition coefficient (Wildman–Crippen LogP) is 3.21. The molecule has 0 spiro atoms. The Bertz CT molecular complexity index is 373. The summed E-state index contributed by atoms with van der Waals surface area (Å²) < 4.78 is 0. The highest BCUT2D eigenvalue weighted by Gasteiger charge is 2.31. The molecule has 0 amide bonds. The molecule has 1 aliphatic heterocycles. The third-order valence-electron chi connectivity index (χ3n) is 3.80. The zero-order valence-corrected chi connectivity index (χ0v) is 10.3. The minimum atomic E-state index is 0.211. The van der Waals surface area contributed by atoms with Crippen molar-refractivity contribution in [2.24, 2.45) is 0 Å². The second-order valence-electron chi connectivity index (χ2n) is 5.11. The van der Waals surface area contributed by atoms with Crippen LogP contribution < -0.4 is 5.32 Å². The lowest BCUT2D eigenvalue weighted by Gasteiger charge is -2.28. The molecule has 1 aliphatic rings. The molecule has 0 aliphatic carbocycles. The summed E-state index contributed by atoms with van der Waals surface area (Å²) >= 11 is 0. The van der Waals surface area contributed by atoms with Crippen LogP contribution in [0.3, 0.4) is 0 Å². The minimum Gasteiger partial charge on any atom is -0.308 e. The molecular weight excluding hydrogens is 182 g/mol. The largest absolute Gasteiger partial charge is 0.308 e. The molecule has 1 saturated heterocycles. The SMILES string of the molecule is Cc1cc(C)c(C2(C)CCCN2)cc1C. The fourth-order valence-electron chi connectivity index (χ4n) is 2.68. The average Bonchev–Trinajstić information content (AvgIpc) is 2.60. The van der Waals surface area contributed by atoms with Gasteiger partial charge in [0, 0.05) is 5.54 Å². The molecule has 1 heteroatoms. The Balaban J connectivity index is 2.48. The first-order valence-corrected chi connectivity index (χ1v) is 5.86. The molecule has 15 heavy (non-hydrogen) atoms.